The molecule has 0 spiro atoms. The first-order valence-electron chi connectivity index (χ1n) is 6.04. The van der Waals surface area contributed by atoms with Crippen LogP contribution in [0.2, 0.25) is 0 Å². The summed E-state index contributed by atoms with van der Waals surface area (Å²) in [7, 11) is 0. The van der Waals surface area contributed by atoms with E-state index < -0.39 is 17.5 Å². The lowest BCUT2D eigenvalue weighted by Gasteiger charge is -2.34. The standard InChI is InChI=1S/C13H19N3O3/c1-5-16(13(3,4)11(17)18)12(19)15-10-7-6-8-14-9(10)2/h6-8H,5H2,1-4H3,(H,15,19)(H,17,18). The number of hydrogen-bond acceptors (Lipinski definition) is 3. The molecule has 2 N–H and O–H groups in total. The molecule has 104 valence electrons. The van der Waals surface area contributed by atoms with Crippen LogP contribution in [0.1, 0.15) is 26.5 Å². The van der Waals surface area contributed by atoms with Crippen molar-refractivity contribution in [1.29, 1.82) is 0 Å². The molecule has 0 aliphatic heterocycles. The molecule has 0 saturated heterocycles. The molecular weight excluding hydrogens is 246 g/mol. The quantitative estimate of drug-likeness (QED) is 0.873. The number of nitrogens with zero attached hydrogens (tertiary/aromatic N) is 2. The summed E-state index contributed by atoms with van der Waals surface area (Å²) in [6, 6.07) is 2.98. The summed E-state index contributed by atoms with van der Waals surface area (Å²) in [5, 5.41) is 11.9. The Balaban J connectivity index is 2.93. The molecule has 1 heterocycles. The number of aliphatic carboxylic acids is 1. The van der Waals surface area contributed by atoms with Crippen molar-refractivity contribution in [2.45, 2.75) is 33.2 Å². The third-order valence-electron chi connectivity index (χ3n) is 3.01. The molecule has 0 saturated carbocycles. The maximum Gasteiger partial charge on any atom is 0.329 e. The molecule has 0 bridgehead atoms. The summed E-state index contributed by atoms with van der Waals surface area (Å²) < 4.78 is 0. The fourth-order valence-corrected chi connectivity index (χ4v) is 1.71. The fraction of sp³-hybridized carbons (Fsp3) is 0.462. The van der Waals surface area contributed by atoms with Crippen LogP contribution >= 0.6 is 0 Å². The summed E-state index contributed by atoms with van der Waals surface area (Å²) in [5.41, 5.74) is -0.0123. The van der Waals surface area contributed by atoms with Crippen LogP contribution in [-0.4, -0.2) is 39.1 Å². The van der Waals surface area contributed by atoms with Gasteiger partial charge in [-0.15, -0.1) is 0 Å². The predicted molar refractivity (Wildman–Crippen MR) is 72.1 cm³/mol. The van der Waals surface area contributed by atoms with Crippen LogP contribution in [-0.2, 0) is 4.79 Å². The zero-order valence-electron chi connectivity index (χ0n) is 11.6. The summed E-state index contributed by atoms with van der Waals surface area (Å²) in [6.07, 6.45) is 1.63. The largest absolute Gasteiger partial charge is 0.480 e. The number of nitrogens with one attached hydrogen (secondary N) is 1. The molecule has 1 aromatic heterocycles. The van der Waals surface area contributed by atoms with Gasteiger partial charge in [-0.25, -0.2) is 9.59 Å². The maximum absolute atomic E-state index is 12.2. The third-order valence-corrected chi connectivity index (χ3v) is 3.01. The number of hydrogen-bond donors (Lipinski definition) is 2. The van der Waals surface area contributed by atoms with Crippen LogP contribution in [0.5, 0.6) is 0 Å². The second kappa shape index (κ2) is 5.69. The lowest BCUT2D eigenvalue weighted by Crippen LogP contribution is -2.54. The Kier molecular flexibility index (Phi) is 4.47. The van der Waals surface area contributed by atoms with Crippen molar-refractivity contribution in [3.8, 4) is 0 Å². The van der Waals surface area contributed by atoms with Crippen LogP contribution < -0.4 is 5.32 Å². The smallest absolute Gasteiger partial charge is 0.329 e. The molecule has 0 aliphatic carbocycles. The predicted octanol–water partition coefficient (Wildman–Crippen LogP) is 2.11. The first-order chi connectivity index (χ1) is 8.80. The molecule has 6 heteroatoms. The van der Waals surface area contributed by atoms with Crippen LogP contribution in [0.15, 0.2) is 18.3 Å². The van der Waals surface area contributed by atoms with Gasteiger partial charge in [-0.2, -0.15) is 0 Å². The Hall–Kier alpha value is -2.11. The normalized spacial score (nSPS) is 10.9. The second-order valence-corrected chi connectivity index (χ2v) is 4.67. The number of carboxylic acid groups (broad SMARTS) is 1. The maximum atomic E-state index is 12.2. The van der Waals surface area contributed by atoms with Crippen LogP contribution in [0.4, 0.5) is 10.5 Å². The van der Waals surface area contributed by atoms with Crippen LogP contribution in [0, 0.1) is 6.92 Å². The van der Waals surface area contributed by atoms with Gasteiger partial charge in [0, 0.05) is 12.7 Å². The third kappa shape index (κ3) is 3.21. The molecule has 1 rings (SSSR count). The number of aryl methyl sites for hydroxylation is 1. The highest BCUT2D eigenvalue weighted by Gasteiger charge is 2.37. The van der Waals surface area contributed by atoms with E-state index >= 15 is 0 Å². The van der Waals surface area contributed by atoms with Crippen molar-refractivity contribution >= 4 is 17.7 Å². The summed E-state index contributed by atoms with van der Waals surface area (Å²) in [6.45, 7) is 6.79. The van der Waals surface area contributed by atoms with Gasteiger partial charge in [0.25, 0.3) is 0 Å². The van der Waals surface area contributed by atoms with Gasteiger partial charge in [0.1, 0.15) is 5.54 Å². The van der Waals surface area contributed by atoms with Gasteiger partial charge in [-0.3, -0.25) is 4.98 Å². The minimum atomic E-state index is -1.27. The highest BCUT2D eigenvalue weighted by atomic mass is 16.4. The van der Waals surface area contributed by atoms with Crippen molar-refractivity contribution < 1.29 is 14.7 Å². The first kappa shape index (κ1) is 14.9. The Morgan fingerprint density at radius 1 is 1.47 bits per heavy atom. The Bertz CT molecular complexity index is 486. The van der Waals surface area contributed by atoms with E-state index in [0.29, 0.717) is 17.9 Å². The SMILES string of the molecule is CCN(C(=O)Nc1cccnc1C)C(C)(C)C(=O)O. The van der Waals surface area contributed by atoms with Gasteiger partial charge in [-0.05, 0) is 39.8 Å². The number of urea groups is 1. The van der Waals surface area contributed by atoms with E-state index in [2.05, 4.69) is 10.3 Å². The summed E-state index contributed by atoms with van der Waals surface area (Å²) in [5.74, 6) is -1.05. The van der Waals surface area contributed by atoms with Crippen molar-refractivity contribution in [3.63, 3.8) is 0 Å². The van der Waals surface area contributed by atoms with Gasteiger partial charge in [0.15, 0.2) is 0 Å². The number of likely N-dealkylation sites (N-methyl/N-ethyl adjacent to an activating group) is 1. The van der Waals surface area contributed by atoms with E-state index in [1.165, 1.54) is 18.7 Å². The van der Waals surface area contributed by atoms with Crippen LogP contribution in [0.25, 0.3) is 0 Å². The van der Waals surface area contributed by atoms with Gasteiger partial charge < -0.3 is 15.3 Å². The number of aromatic nitrogens is 1. The lowest BCUT2D eigenvalue weighted by atomic mass is 10.0. The minimum Gasteiger partial charge on any atom is -0.480 e. The van der Waals surface area contributed by atoms with Crippen molar-refractivity contribution in [2.24, 2.45) is 0 Å². The monoisotopic (exact) mass is 265 g/mol. The number of carbonyl (C=O) groups excluding carboxylic acids is 1. The van der Waals surface area contributed by atoms with Crippen molar-refractivity contribution in [3.05, 3.63) is 24.0 Å². The lowest BCUT2D eigenvalue weighted by molar-refractivity contribution is -0.147. The zero-order chi connectivity index (χ0) is 14.6. The number of pyridine rings is 1. The number of carbonyl (C=O) groups is 2. The molecule has 0 fully saturated rings. The Labute approximate surface area is 112 Å². The molecule has 1 aromatic rings. The van der Waals surface area contributed by atoms with E-state index in [-0.39, 0.29) is 0 Å². The van der Waals surface area contributed by atoms with Crippen molar-refractivity contribution in [1.82, 2.24) is 9.88 Å². The first-order valence-corrected chi connectivity index (χ1v) is 6.04. The molecule has 0 radical (unpaired) electrons. The van der Waals surface area contributed by atoms with E-state index in [1.54, 1.807) is 32.2 Å². The molecule has 0 unspecified atom stereocenters. The van der Waals surface area contributed by atoms with E-state index in [1.807, 2.05) is 0 Å². The highest BCUT2D eigenvalue weighted by Crippen LogP contribution is 2.18. The summed E-state index contributed by atoms with van der Waals surface area (Å²) >= 11 is 0. The van der Waals surface area contributed by atoms with Gasteiger partial charge in [0.2, 0.25) is 0 Å². The number of carboxylic acids is 1. The topological polar surface area (TPSA) is 82.5 Å². The van der Waals surface area contributed by atoms with Gasteiger partial charge in [-0.1, -0.05) is 0 Å². The number of rotatable bonds is 4. The molecule has 19 heavy (non-hydrogen) atoms. The minimum absolute atomic E-state index is 0.296. The number of anilines is 1. The molecule has 0 aromatic carbocycles. The van der Waals surface area contributed by atoms with E-state index in [4.69, 9.17) is 0 Å². The average Bonchev–Trinajstić information content (AvgIpc) is 2.32. The van der Waals surface area contributed by atoms with Crippen LogP contribution in [0.3, 0.4) is 0 Å². The van der Waals surface area contributed by atoms with E-state index in [0.717, 1.165) is 0 Å². The zero-order valence-corrected chi connectivity index (χ0v) is 11.6. The van der Waals surface area contributed by atoms with Crippen molar-refractivity contribution in [2.75, 3.05) is 11.9 Å². The Morgan fingerprint density at radius 3 is 2.58 bits per heavy atom. The summed E-state index contributed by atoms with van der Waals surface area (Å²) in [4.78, 5) is 28.7. The molecule has 0 atom stereocenters. The average molecular weight is 265 g/mol. The second-order valence-electron chi connectivity index (χ2n) is 4.67. The fourth-order valence-electron chi connectivity index (χ4n) is 1.71. The molecule has 0 aliphatic rings. The molecule has 2 amide bonds. The highest BCUT2D eigenvalue weighted by molar-refractivity contribution is 5.94. The molecule has 6 nitrogen and oxygen atoms in total. The van der Waals surface area contributed by atoms with E-state index in [9.17, 15) is 14.7 Å². The number of amides is 2. The molecular formula is C13H19N3O3. The van der Waals surface area contributed by atoms with Gasteiger partial charge in [0.05, 0.1) is 11.4 Å². The van der Waals surface area contributed by atoms with Gasteiger partial charge >= 0.3 is 12.0 Å². The Morgan fingerprint density at radius 2 is 2.11 bits per heavy atom.